The number of hydrogen-bond acceptors (Lipinski definition) is 7. The minimum Gasteiger partial charge on any atom is -0.497 e. The second-order valence-electron chi connectivity index (χ2n) is 10.9. The molecular formula is C27H39N3O5. The fourth-order valence-corrected chi connectivity index (χ4v) is 8.50. The number of carbonyl (C=O) groups is 2. The van der Waals surface area contributed by atoms with Gasteiger partial charge in [0.15, 0.2) is 0 Å². The highest BCUT2D eigenvalue weighted by molar-refractivity contribution is 5.76. The maximum absolute atomic E-state index is 12.8. The summed E-state index contributed by atoms with van der Waals surface area (Å²) in [4.78, 5) is 29.7. The summed E-state index contributed by atoms with van der Waals surface area (Å²) in [6, 6.07) is 5.99. The molecule has 1 amide bonds. The summed E-state index contributed by atoms with van der Waals surface area (Å²) in [5.74, 6) is 0.244. The Kier molecular flexibility index (Phi) is 5.83. The number of anilines is 1. The van der Waals surface area contributed by atoms with Gasteiger partial charge in [-0.2, -0.15) is 0 Å². The fraction of sp³-hybridized carbons (Fsp3) is 0.704. The average Bonchev–Trinajstić information content (AvgIpc) is 3.36. The van der Waals surface area contributed by atoms with E-state index in [4.69, 9.17) is 9.47 Å². The van der Waals surface area contributed by atoms with Crippen molar-refractivity contribution in [1.82, 2.24) is 10.2 Å². The predicted octanol–water partition coefficient (Wildman–Crippen LogP) is 2.22. The molecule has 0 radical (unpaired) electrons. The van der Waals surface area contributed by atoms with E-state index in [9.17, 15) is 14.7 Å². The third-order valence-electron chi connectivity index (χ3n) is 9.54. The van der Waals surface area contributed by atoms with E-state index >= 15 is 0 Å². The SMILES string of the molecule is CCC(=O)NC[C@]1(O)[C@H]2N(C)c3cc(OC)ccc3[C@]23CCN2CCC[C@@](CC)([C@@H]23)[C@H]1OC(C)=O. The van der Waals surface area contributed by atoms with Crippen LogP contribution in [0.2, 0.25) is 0 Å². The first-order chi connectivity index (χ1) is 16.7. The molecule has 0 aromatic heterocycles. The number of methoxy groups -OCH3 is 1. The summed E-state index contributed by atoms with van der Waals surface area (Å²) in [6.07, 6.45) is 3.14. The maximum Gasteiger partial charge on any atom is 0.303 e. The number of esters is 1. The fourth-order valence-electron chi connectivity index (χ4n) is 8.50. The molecule has 8 heteroatoms. The van der Waals surface area contributed by atoms with E-state index in [0.29, 0.717) is 6.42 Å². The van der Waals surface area contributed by atoms with Crippen molar-refractivity contribution in [2.45, 2.75) is 82.1 Å². The van der Waals surface area contributed by atoms with Crippen LogP contribution < -0.4 is 15.0 Å². The van der Waals surface area contributed by atoms with Crippen molar-refractivity contribution in [2.24, 2.45) is 5.41 Å². The predicted molar refractivity (Wildman–Crippen MR) is 133 cm³/mol. The minimum atomic E-state index is -1.47. The van der Waals surface area contributed by atoms with E-state index in [-0.39, 0.29) is 30.0 Å². The number of carbonyl (C=O) groups excluding carboxylic acids is 2. The Labute approximate surface area is 207 Å². The van der Waals surface area contributed by atoms with E-state index in [1.165, 1.54) is 12.5 Å². The Morgan fingerprint density at radius 3 is 2.63 bits per heavy atom. The molecular weight excluding hydrogens is 446 g/mol. The molecule has 1 spiro atoms. The molecule has 35 heavy (non-hydrogen) atoms. The molecule has 1 aliphatic carbocycles. The van der Waals surface area contributed by atoms with Gasteiger partial charge in [-0.3, -0.25) is 14.5 Å². The molecule has 1 saturated carbocycles. The van der Waals surface area contributed by atoms with Gasteiger partial charge in [-0.1, -0.05) is 19.9 Å². The lowest BCUT2D eigenvalue weighted by atomic mass is 9.46. The van der Waals surface area contributed by atoms with Crippen LogP contribution in [-0.4, -0.2) is 79.5 Å². The van der Waals surface area contributed by atoms with Gasteiger partial charge in [0.2, 0.25) is 5.91 Å². The molecule has 8 nitrogen and oxygen atoms in total. The lowest BCUT2D eigenvalue weighted by Gasteiger charge is -2.66. The van der Waals surface area contributed by atoms with Crippen molar-refractivity contribution < 1.29 is 24.2 Å². The molecule has 5 rings (SSSR count). The Hall–Kier alpha value is -2.32. The molecule has 2 N–H and O–H groups in total. The molecule has 3 aliphatic heterocycles. The van der Waals surface area contributed by atoms with Gasteiger partial charge < -0.3 is 24.8 Å². The van der Waals surface area contributed by atoms with Crippen molar-refractivity contribution in [3.05, 3.63) is 23.8 Å². The van der Waals surface area contributed by atoms with Crippen LogP contribution in [0, 0.1) is 5.41 Å². The number of likely N-dealkylation sites (N-methyl/N-ethyl adjacent to an activating group) is 1. The zero-order valence-electron chi connectivity index (χ0n) is 21.6. The molecule has 192 valence electrons. The molecule has 6 atom stereocenters. The number of piperidine rings is 1. The zero-order valence-corrected chi connectivity index (χ0v) is 21.6. The lowest BCUT2D eigenvalue weighted by Crippen LogP contribution is -2.81. The molecule has 1 aromatic rings. The standard InChI is InChI=1S/C27H39N3O5/c1-6-21(32)28-16-27(33)23-26(19-10-9-18(34-5)15-20(19)29(23)4)12-14-30-13-8-11-25(7-2,22(26)30)24(27)35-17(3)31/h9-10,15,22-24,33H,6-8,11-14,16H2,1-5H3,(H,28,32)/t22-,23+,24-,25+,26+,27+/m1/s1. The second-order valence-corrected chi connectivity index (χ2v) is 10.9. The highest BCUT2D eigenvalue weighted by Crippen LogP contribution is 2.68. The molecule has 1 aromatic carbocycles. The van der Waals surface area contributed by atoms with Crippen molar-refractivity contribution in [3.8, 4) is 5.75 Å². The van der Waals surface area contributed by atoms with Crippen LogP contribution in [0.5, 0.6) is 5.75 Å². The topological polar surface area (TPSA) is 91.3 Å². The number of ether oxygens (including phenoxy) is 2. The molecule has 0 unspecified atom stereocenters. The summed E-state index contributed by atoms with van der Waals surface area (Å²) in [5.41, 5.74) is 0.00680. The molecule has 2 saturated heterocycles. The first-order valence-electron chi connectivity index (χ1n) is 13.0. The monoisotopic (exact) mass is 485 g/mol. The lowest BCUT2D eigenvalue weighted by molar-refractivity contribution is -0.235. The first kappa shape index (κ1) is 24.4. The van der Waals surface area contributed by atoms with Gasteiger partial charge in [0, 0.05) is 49.0 Å². The van der Waals surface area contributed by atoms with Crippen LogP contribution >= 0.6 is 0 Å². The van der Waals surface area contributed by atoms with Gasteiger partial charge in [0.1, 0.15) is 17.5 Å². The van der Waals surface area contributed by atoms with E-state index in [1.807, 2.05) is 19.2 Å². The number of aliphatic hydroxyl groups is 1. The van der Waals surface area contributed by atoms with Gasteiger partial charge in [0.25, 0.3) is 0 Å². The number of benzene rings is 1. The van der Waals surface area contributed by atoms with E-state index < -0.39 is 23.1 Å². The second kappa shape index (κ2) is 8.37. The number of nitrogens with one attached hydrogen (secondary N) is 1. The Morgan fingerprint density at radius 1 is 1.20 bits per heavy atom. The van der Waals surface area contributed by atoms with Crippen molar-refractivity contribution >= 4 is 17.6 Å². The summed E-state index contributed by atoms with van der Waals surface area (Å²) in [7, 11) is 3.68. The average molecular weight is 486 g/mol. The molecule has 0 bridgehead atoms. The molecule has 3 heterocycles. The van der Waals surface area contributed by atoms with E-state index in [1.54, 1.807) is 14.0 Å². The van der Waals surface area contributed by atoms with Crippen LogP contribution in [0.3, 0.4) is 0 Å². The number of rotatable bonds is 6. The Balaban J connectivity index is 1.77. The normalized spacial score (nSPS) is 37.3. The zero-order chi connectivity index (χ0) is 25.2. The summed E-state index contributed by atoms with van der Waals surface area (Å²) in [6.45, 7) is 7.36. The Morgan fingerprint density at radius 2 is 1.97 bits per heavy atom. The Bertz CT molecular complexity index is 1030. The number of nitrogens with zero attached hydrogens (tertiary/aromatic N) is 2. The van der Waals surface area contributed by atoms with E-state index in [0.717, 1.165) is 50.2 Å². The minimum absolute atomic E-state index is 0.0357. The number of amides is 1. The van der Waals surface area contributed by atoms with Gasteiger partial charge in [0.05, 0.1) is 19.7 Å². The van der Waals surface area contributed by atoms with Crippen molar-refractivity contribution in [1.29, 1.82) is 0 Å². The molecule has 4 aliphatic rings. The smallest absolute Gasteiger partial charge is 0.303 e. The van der Waals surface area contributed by atoms with Gasteiger partial charge in [-0.25, -0.2) is 0 Å². The maximum atomic E-state index is 12.8. The first-order valence-corrected chi connectivity index (χ1v) is 13.0. The summed E-state index contributed by atoms with van der Waals surface area (Å²) < 4.78 is 11.7. The highest BCUT2D eigenvalue weighted by Gasteiger charge is 2.78. The van der Waals surface area contributed by atoms with Gasteiger partial charge in [-0.15, -0.1) is 0 Å². The largest absolute Gasteiger partial charge is 0.497 e. The van der Waals surface area contributed by atoms with Crippen molar-refractivity contribution in [2.75, 3.05) is 38.7 Å². The van der Waals surface area contributed by atoms with Crippen LogP contribution in [0.15, 0.2) is 18.2 Å². The van der Waals surface area contributed by atoms with Gasteiger partial charge in [-0.05, 0) is 50.4 Å². The van der Waals surface area contributed by atoms with E-state index in [2.05, 4.69) is 28.1 Å². The van der Waals surface area contributed by atoms with Crippen LogP contribution in [0.25, 0.3) is 0 Å². The molecule has 3 fully saturated rings. The number of fused-ring (bicyclic) bond motifs is 1. The quantitative estimate of drug-likeness (QED) is 0.597. The van der Waals surface area contributed by atoms with Crippen LogP contribution in [0.1, 0.15) is 58.4 Å². The summed E-state index contributed by atoms with van der Waals surface area (Å²) >= 11 is 0. The third-order valence-corrected chi connectivity index (χ3v) is 9.54. The number of hydrogen-bond donors (Lipinski definition) is 2. The third kappa shape index (κ3) is 3.11. The van der Waals surface area contributed by atoms with Crippen LogP contribution in [-0.2, 0) is 19.7 Å². The van der Waals surface area contributed by atoms with Crippen LogP contribution in [0.4, 0.5) is 5.69 Å². The summed E-state index contributed by atoms with van der Waals surface area (Å²) in [5, 5.41) is 15.8. The van der Waals surface area contributed by atoms with Crippen molar-refractivity contribution in [3.63, 3.8) is 0 Å². The van der Waals surface area contributed by atoms with Gasteiger partial charge >= 0.3 is 5.97 Å². The highest BCUT2D eigenvalue weighted by atomic mass is 16.6.